The third-order valence-electron chi connectivity index (χ3n) is 8.68. The molecule has 4 atom stereocenters. The van der Waals surface area contributed by atoms with Crippen LogP contribution in [-0.4, -0.2) is 82.7 Å². The number of carbonyl (C=O) groups excluding carboxylic acids is 1. The van der Waals surface area contributed by atoms with E-state index in [9.17, 15) is 13.6 Å². The van der Waals surface area contributed by atoms with E-state index in [2.05, 4.69) is 45.6 Å². The Balaban J connectivity index is 0.000000187. The fourth-order valence-corrected chi connectivity index (χ4v) is 6.35. The first kappa shape index (κ1) is 34.4. The van der Waals surface area contributed by atoms with Crippen molar-refractivity contribution in [3.8, 4) is 17.3 Å². The van der Waals surface area contributed by atoms with E-state index >= 15 is 4.39 Å². The van der Waals surface area contributed by atoms with E-state index in [4.69, 9.17) is 16.3 Å². The van der Waals surface area contributed by atoms with Gasteiger partial charge in [0.25, 0.3) is 0 Å². The summed E-state index contributed by atoms with van der Waals surface area (Å²) in [4.78, 5) is 27.5. The summed E-state index contributed by atoms with van der Waals surface area (Å²) in [5.41, 5.74) is 0.946. The molecular weight excluding hydrogens is 605 g/mol. The number of nitrogens with one attached hydrogen (secondary N) is 1. The summed E-state index contributed by atoms with van der Waals surface area (Å²) in [5.74, 6) is 0.450. The van der Waals surface area contributed by atoms with Crippen molar-refractivity contribution in [1.29, 1.82) is 0 Å². The molecule has 3 saturated heterocycles. The van der Waals surface area contributed by atoms with Gasteiger partial charge in [0.15, 0.2) is 5.82 Å². The summed E-state index contributed by atoms with van der Waals surface area (Å²) < 4.78 is 46.6. The molecule has 4 unspecified atom stereocenters. The third-order valence-corrected chi connectivity index (χ3v) is 9.01. The van der Waals surface area contributed by atoms with Crippen LogP contribution >= 0.6 is 11.6 Å². The van der Waals surface area contributed by atoms with Crippen LogP contribution in [0, 0.1) is 11.7 Å². The number of anilines is 1. The van der Waals surface area contributed by atoms with Crippen molar-refractivity contribution < 1.29 is 22.7 Å². The zero-order valence-electron chi connectivity index (χ0n) is 26.5. The predicted octanol–water partition coefficient (Wildman–Crippen LogP) is 7.19. The third kappa shape index (κ3) is 7.87. The van der Waals surface area contributed by atoms with Crippen LogP contribution < -0.4 is 10.1 Å². The van der Waals surface area contributed by atoms with E-state index in [1.165, 1.54) is 51.3 Å². The standard InChI is InChI=1S/C17H15ClF2N4O.C8H14FN.C8H13NO/c1-8(19)9-4-5-12(18)10(6-9)14-13(20)15-11(7-22-14)16(21-2)24-17(23-15)25-3;1-8-3-2-4-10(8)6-7(9)5-8;1-3-8(10)9-5-4-7(2)6-9/h4-8H,1-3H3,(H,21,23,24);7H,2-6H2,1H3;3,7H,1,4-6H2,2H3. The monoisotopic (exact) mass is 646 g/mol. The molecule has 6 rings (SSSR count). The number of hydrogen-bond acceptors (Lipinski definition) is 7. The summed E-state index contributed by atoms with van der Waals surface area (Å²) in [7, 11) is 3.04. The number of methoxy groups -OCH3 is 1. The van der Waals surface area contributed by atoms with Gasteiger partial charge in [0.05, 0.1) is 17.5 Å². The SMILES string of the molecule is C=CC(=O)N1CCC(C)C1.CC12CCCN1CC(F)C2.CNc1nc(OC)nc2c(F)c(-c3cc(C(C)F)ccc3Cl)ncc12. The number of benzene rings is 1. The highest BCUT2D eigenvalue weighted by Crippen LogP contribution is 2.39. The van der Waals surface area contributed by atoms with Crippen LogP contribution in [0.4, 0.5) is 19.0 Å². The van der Waals surface area contributed by atoms with Crippen LogP contribution in [0.25, 0.3) is 22.2 Å². The van der Waals surface area contributed by atoms with Crippen molar-refractivity contribution in [3.05, 3.63) is 53.5 Å². The molecule has 3 fully saturated rings. The average Bonchev–Trinajstić information content (AvgIpc) is 3.69. The normalized spacial score (nSPS) is 23.0. The molecule has 1 aromatic carbocycles. The maximum atomic E-state index is 15.1. The van der Waals surface area contributed by atoms with E-state index in [1.807, 2.05) is 4.90 Å². The van der Waals surface area contributed by atoms with Gasteiger partial charge in [-0.2, -0.15) is 9.97 Å². The van der Waals surface area contributed by atoms with Crippen molar-refractivity contribution in [2.45, 2.75) is 64.3 Å². The van der Waals surface area contributed by atoms with Crippen molar-refractivity contribution in [1.82, 2.24) is 24.8 Å². The molecule has 0 radical (unpaired) electrons. The lowest BCUT2D eigenvalue weighted by atomic mass is 9.97. The summed E-state index contributed by atoms with van der Waals surface area (Å²) in [5, 5.41) is 3.52. The highest BCUT2D eigenvalue weighted by Gasteiger charge is 2.44. The molecule has 3 aliphatic rings. The van der Waals surface area contributed by atoms with Gasteiger partial charge in [0, 0.05) is 44.0 Å². The minimum atomic E-state index is -1.21. The van der Waals surface area contributed by atoms with Crippen molar-refractivity contribution >= 4 is 34.2 Å². The smallest absolute Gasteiger partial charge is 0.318 e. The molecule has 8 nitrogen and oxygen atoms in total. The van der Waals surface area contributed by atoms with Gasteiger partial charge in [-0.25, -0.2) is 13.2 Å². The first-order chi connectivity index (χ1) is 21.4. The largest absolute Gasteiger partial charge is 0.467 e. The van der Waals surface area contributed by atoms with Gasteiger partial charge >= 0.3 is 6.01 Å². The highest BCUT2D eigenvalue weighted by atomic mass is 35.5. The van der Waals surface area contributed by atoms with Crippen LogP contribution in [0.2, 0.25) is 5.02 Å². The number of nitrogens with zero attached hydrogens (tertiary/aromatic N) is 5. The number of aromatic nitrogens is 3. The number of likely N-dealkylation sites (tertiary alicyclic amines) is 1. The molecule has 0 saturated carbocycles. The Labute approximate surface area is 268 Å². The fraction of sp³-hybridized carbons (Fsp3) is 0.515. The summed E-state index contributed by atoms with van der Waals surface area (Å²) >= 11 is 6.18. The lowest BCUT2D eigenvalue weighted by Gasteiger charge is -2.25. The Morgan fingerprint density at radius 2 is 2.04 bits per heavy atom. The number of pyridine rings is 1. The van der Waals surface area contributed by atoms with Gasteiger partial charge < -0.3 is 15.0 Å². The molecule has 1 N–H and O–H groups in total. The summed E-state index contributed by atoms with van der Waals surface area (Å²) in [6.07, 6.45) is 5.45. The van der Waals surface area contributed by atoms with Crippen LogP contribution in [0.15, 0.2) is 37.1 Å². The number of carbonyl (C=O) groups is 1. The van der Waals surface area contributed by atoms with E-state index in [0.717, 1.165) is 32.5 Å². The zero-order chi connectivity index (χ0) is 32.9. The molecule has 2 aromatic heterocycles. The second-order valence-electron chi connectivity index (χ2n) is 12.1. The van der Waals surface area contributed by atoms with Crippen LogP contribution in [0.1, 0.15) is 58.2 Å². The Bertz CT molecular complexity index is 1530. The quantitative estimate of drug-likeness (QED) is 0.294. The molecule has 0 bridgehead atoms. The number of alkyl halides is 2. The Kier molecular flexibility index (Phi) is 11.3. The molecule has 0 spiro atoms. The molecular formula is C33H42ClF3N6O2. The lowest BCUT2D eigenvalue weighted by Crippen LogP contribution is -2.34. The first-order valence-corrected chi connectivity index (χ1v) is 15.6. The number of fused-ring (bicyclic) bond motifs is 2. The second-order valence-corrected chi connectivity index (χ2v) is 12.5. The van der Waals surface area contributed by atoms with Crippen molar-refractivity contribution in [2.24, 2.45) is 5.92 Å². The minimum absolute atomic E-state index is 0.0113. The lowest BCUT2D eigenvalue weighted by molar-refractivity contribution is -0.125. The van der Waals surface area contributed by atoms with Crippen LogP contribution in [0.3, 0.4) is 0 Å². The molecule has 45 heavy (non-hydrogen) atoms. The Morgan fingerprint density at radius 1 is 1.29 bits per heavy atom. The Morgan fingerprint density at radius 3 is 2.64 bits per heavy atom. The average molecular weight is 647 g/mol. The number of rotatable bonds is 5. The maximum Gasteiger partial charge on any atom is 0.318 e. The number of hydrogen-bond donors (Lipinski definition) is 1. The zero-order valence-corrected chi connectivity index (χ0v) is 27.3. The number of halogens is 4. The molecule has 244 valence electrons. The van der Waals surface area contributed by atoms with E-state index < -0.39 is 18.2 Å². The van der Waals surface area contributed by atoms with Gasteiger partial charge in [0.1, 0.15) is 29.4 Å². The number of ether oxygens (including phenoxy) is 1. The molecule has 12 heteroatoms. The molecule has 3 aromatic rings. The number of amides is 1. The maximum absolute atomic E-state index is 15.1. The van der Waals surface area contributed by atoms with Crippen LogP contribution in [0.5, 0.6) is 6.01 Å². The van der Waals surface area contributed by atoms with E-state index in [1.54, 1.807) is 13.1 Å². The molecule has 1 amide bonds. The van der Waals surface area contributed by atoms with Crippen molar-refractivity contribution in [3.63, 3.8) is 0 Å². The first-order valence-electron chi connectivity index (χ1n) is 15.2. The minimum Gasteiger partial charge on any atom is -0.467 e. The van der Waals surface area contributed by atoms with E-state index in [0.29, 0.717) is 34.8 Å². The van der Waals surface area contributed by atoms with E-state index in [-0.39, 0.29) is 33.7 Å². The summed E-state index contributed by atoms with van der Waals surface area (Å²) in [6, 6.07) is 4.58. The van der Waals surface area contributed by atoms with Gasteiger partial charge in [-0.05, 0) is 75.8 Å². The van der Waals surface area contributed by atoms with Crippen LogP contribution in [-0.2, 0) is 4.79 Å². The topological polar surface area (TPSA) is 83.5 Å². The van der Waals surface area contributed by atoms with Gasteiger partial charge in [-0.1, -0.05) is 31.2 Å². The molecule has 3 aliphatic heterocycles. The molecule has 5 heterocycles. The molecule has 0 aliphatic carbocycles. The van der Waals surface area contributed by atoms with Gasteiger partial charge in [-0.15, -0.1) is 0 Å². The summed E-state index contributed by atoms with van der Waals surface area (Å²) in [6.45, 7) is 12.8. The van der Waals surface area contributed by atoms with Gasteiger partial charge in [0.2, 0.25) is 5.91 Å². The predicted molar refractivity (Wildman–Crippen MR) is 173 cm³/mol. The highest BCUT2D eigenvalue weighted by molar-refractivity contribution is 6.33. The second kappa shape index (κ2) is 14.8. The van der Waals surface area contributed by atoms with Crippen molar-refractivity contribution in [2.75, 3.05) is 45.7 Å². The van der Waals surface area contributed by atoms with Gasteiger partial charge in [-0.3, -0.25) is 14.7 Å². The Hall–Kier alpha value is -3.44. The fourth-order valence-electron chi connectivity index (χ4n) is 6.14.